The Labute approximate surface area is 127 Å². The summed E-state index contributed by atoms with van der Waals surface area (Å²) in [5, 5.41) is 3.17. The highest BCUT2D eigenvalue weighted by atomic mass is 32.2. The van der Waals surface area contributed by atoms with Crippen molar-refractivity contribution in [2.24, 2.45) is 0 Å². The summed E-state index contributed by atoms with van der Waals surface area (Å²) in [6, 6.07) is 4.68. The summed E-state index contributed by atoms with van der Waals surface area (Å²) in [6.45, 7) is 8.08. The molecule has 0 aromatic heterocycles. The van der Waals surface area contributed by atoms with Crippen molar-refractivity contribution in [2.45, 2.75) is 46.2 Å². The van der Waals surface area contributed by atoms with E-state index in [1.807, 2.05) is 13.8 Å². The molecular weight excluding hydrogens is 291 g/mol. The van der Waals surface area contributed by atoms with Gasteiger partial charge in [0.15, 0.2) is 0 Å². The number of rotatable bonds is 8. The van der Waals surface area contributed by atoms with Gasteiger partial charge < -0.3 is 5.32 Å². The van der Waals surface area contributed by atoms with E-state index in [2.05, 4.69) is 10.0 Å². The van der Waals surface area contributed by atoms with E-state index >= 15 is 0 Å². The van der Waals surface area contributed by atoms with Gasteiger partial charge in [-0.25, -0.2) is 17.5 Å². The first-order valence-electron chi connectivity index (χ1n) is 7.20. The molecule has 0 saturated carbocycles. The molecule has 0 spiro atoms. The third kappa shape index (κ3) is 6.54. The summed E-state index contributed by atoms with van der Waals surface area (Å²) >= 11 is 0. The normalized spacial score (nSPS) is 13.6. The molecule has 0 radical (unpaired) electrons. The van der Waals surface area contributed by atoms with Crippen LogP contribution in [0, 0.1) is 12.7 Å². The van der Waals surface area contributed by atoms with Gasteiger partial charge in [-0.2, -0.15) is 0 Å². The quantitative estimate of drug-likeness (QED) is 0.725. The Morgan fingerprint density at radius 3 is 2.48 bits per heavy atom. The molecule has 2 N–H and O–H groups in total. The van der Waals surface area contributed by atoms with Gasteiger partial charge in [-0.3, -0.25) is 0 Å². The Balaban J connectivity index is 2.55. The van der Waals surface area contributed by atoms with E-state index in [0.29, 0.717) is 30.1 Å². The first-order valence-corrected chi connectivity index (χ1v) is 8.86. The smallest absolute Gasteiger partial charge is 0.212 e. The fourth-order valence-electron chi connectivity index (χ4n) is 1.93. The first kappa shape index (κ1) is 18.1. The Morgan fingerprint density at radius 2 is 1.90 bits per heavy atom. The fourth-order valence-corrected chi connectivity index (χ4v) is 3.24. The topological polar surface area (TPSA) is 58.2 Å². The van der Waals surface area contributed by atoms with E-state index in [1.165, 1.54) is 6.07 Å². The second kappa shape index (κ2) is 7.87. The molecule has 1 atom stereocenters. The standard InChI is InChI=1S/C15H25FN2O2S/c1-11(2)17-8-5-9-21(19,20)18-13(4)14-7-6-12(3)15(16)10-14/h6-7,10-11,13,17-18H,5,8-9H2,1-4H3. The minimum absolute atomic E-state index is 0.0609. The van der Waals surface area contributed by atoms with Crippen LogP contribution in [0.3, 0.4) is 0 Å². The van der Waals surface area contributed by atoms with Crippen molar-refractivity contribution in [3.05, 3.63) is 35.1 Å². The zero-order chi connectivity index (χ0) is 16.0. The van der Waals surface area contributed by atoms with Crippen LogP contribution >= 0.6 is 0 Å². The molecule has 0 bridgehead atoms. The molecular formula is C15H25FN2O2S. The van der Waals surface area contributed by atoms with E-state index in [4.69, 9.17) is 0 Å². The largest absolute Gasteiger partial charge is 0.314 e. The van der Waals surface area contributed by atoms with Crippen LogP contribution < -0.4 is 10.0 Å². The van der Waals surface area contributed by atoms with Crippen LogP contribution in [0.1, 0.15) is 44.4 Å². The van der Waals surface area contributed by atoms with Crippen molar-refractivity contribution >= 4 is 10.0 Å². The molecule has 1 unspecified atom stereocenters. The number of sulfonamides is 1. The van der Waals surface area contributed by atoms with Gasteiger partial charge in [0, 0.05) is 12.1 Å². The van der Waals surface area contributed by atoms with E-state index in [-0.39, 0.29) is 11.6 Å². The number of hydrogen-bond acceptors (Lipinski definition) is 3. The lowest BCUT2D eigenvalue weighted by Crippen LogP contribution is -2.31. The lowest BCUT2D eigenvalue weighted by Gasteiger charge is -2.15. The molecule has 0 amide bonds. The van der Waals surface area contributed by atoms with Crippen LogP contribution in [-0.2, 0) is 10.0 Å². The average molecular weight is 316 g/mol. The maximum atomic E-state index is 13.5. The summed E-state index contributed by atoms with van der Waals surface area (Å²) in [5.41, 5.74) is 1.18. The van der Waals surface area contributed by atoms with E-state index in [9.17, 15) is 12.8 Å². The molecule has 120 valence electrons. The molecule has 0 fully saturated rings. The molecule has 0 aliphatic carbocycles. The van der Waals surface area contributed by atoms with Crippen molar-refractivity contribution in [1.29, 1.82) is 0 Å². The van der Waals surface area contributed by atoms with Crippen molar-refractivity contribution in [2.75, 3.05) is 12.3 Å². The second-order valence-electron chi connectivity index (χ2n) is 5.63. The molecule has 1 aromatic carbocycles. The molecule has 4 nitrogen and oxygen atoms in total. The highest BCUT2D eigenvalue weighted by Gasteiger charge is 2.16. The van der Waals surface area contributed by atoms with E-state index in [0.717, 1.165) is 0 Å². The molecule has 21 heavy (non-hydrogen) atoms. The number of nitrogens with one attached hydrogen (secondary N) is 2. The Hall–Kier alpha value is -0.980. The molecule has 1 rings (SSSR count). The van der Waals surface area contributed by atoms with Crippen molar-refractivity contribution in [3.63, 3.8) is 0 Å². The van der Waals surface area contributed by atoms with Crippen molar-refractivity contribution < 1.29 is 12.8 Å². The molecule has 6 heteroatoms. The second-order valence-corrected chi connectivity index (χ2v) is 7.50. The summed E-state index contributed by atoms with van der Waals surface area (Å²) in [7, 11) is -3.36. The number of benzene rings is 1. The number of aryl methyl sites for hydroxylation is 1. The Kier molecular flexibility index (Phi) is 6.77. The summed E-state index contributed by atoms with van der Waals surface area (Å²) in [5.74, 6) is -0.259. The van der Waals surface area contributed by atoms with Crippen molar-refractivity contribution in [1.82, 2.24) is 10.0 Å². The molecule has 0 aliphatic rings. The summed E-state index contributed by atoms with van der Waals surface area (Å²) in [4.78, 5) is 0. The van der Waals surface area contributed by atoms with Gasteiger partial charge >= 0.3 is 0 Å². The van der Waals surface area contributed by atoms with Gasteiger partial charge in [0.25, 0.3) is 0 Å². The molecule has 0 heterocycles. The zero-order valence-electron chi connectivity index (χ0n) is 13.1. The summed E-state index contributed by atoms with van der Waals surface area (Å²) < 4.78 is 40.1. The highest BCUT2D eigenvalue weighted by Crippen LogP contribution is 2.17. The number of halogens is 1. The predicted molar refractivity (Wildman–Crippen MR) is 84.2 cm³/mol. The molecule has 0 aliphatic heterocycles. The van der Waals surface area contributed by atoms with Crippen LogP contribution in [0.25, 0.3) is 0 Å². The molecule has 1 aromatic rings. The highest BCUT2D eigenvalue weighted by molar-refractivity contribution is 7.89. The van der Waals surface area contributed by atoms with Crippen LogP contribution in [0.5, 0.6) is 0 Å². The van der Waals surface area contributed by atoms with Gasteiger partial charge in [0.2, 0.25) is 10.0 Å². The first-order chi connectivity index (χ1) is 9.71. The van der Waals surface area contributed by atoms with Crippen LogP contribution in [0.4, 0.5) is 4.39 Å². The minimum Gasteiger partial charge on any atom is -0.314 e. The fraction of sp³-hybridized carbons (Fsp3) is 0.600. The number of hydrogen-bond donors (Lipinski definition) is 2. The van der Waals surface area contributed by atoms with E-state index in [1.54, 1.807) is 26.0 Å². The maximum Gasteiger partial charge on any atom is 0.212 e. The van der Waals surface area contributed by atoms with Gasteiger partial charge in [0.05, 0.1) is 5.75 Å². The predicted octanol–water partition coefficient (Wildman–Crippen LogP) is 2.50. The van der Waals surface area contributed by atoms with Gasteiger partial charge in [-0.05, 0) is 44.0 Å². The van der Waals surface area contributed by atoms with Gasteiger partial charge in [-0.15, -0.1) is 0 Å². The monoisotopic (exact) mass is 316 g/mol. The minimum atomic E-state index is -3.36. The van der Waals surface area contributed by atoms with Gasteiger partial charge in [-0.1, -0.05) is 26.0 Å². The molecule has 0 saturated heterocycles. The van der Waals surface area contributed by atoms with Crippen LogP contribution in [0.2, 0.25) is 0 Å². The Bertz CT molecular complexity index is 559. The average Bonchev–Trinajstić information content (AvgIpc) is 2.37. The zero-order valence-corrected chi connectivity index (χ0v) is 13.9. The summed E-state index contributed by atoms with van der Waals surface area (Å²) in [6.07, 6.45) is 0.544. The van der Waals surface area contributed by atoms with Crippen LogP contribution in [0.15, 0.2) is 18.2 Å². The third-order valence-electron chi connectivity index (χ3n) is 3.19. The third-order valence-corrected chi connectivity index (χ3v) is 4.73. The van der Waals surface area contributed by atoms with Crippen molar-refractivity contribution in [3.8, 4) is 0 Å². The lowest BCUT2D eigenvalue weighted by atomic mass is 10.1. The van der Waals surface area contributed by atoms with Crippen LogP contribution in [-0.4, -0.2) is 26.8 Å². The maximum absolute atomic E-state index is 13.5. The SMILES string of the molecule is Cc1ccc(C(C)NS(=O)(=O)CCCNC(C)C)cc1F. The van der Waals surface area contributed by atoms with E-state index < -0.39 is 16.1 Å². The Morgan fingerprint density at radius 1 is 1.24 bits per heavy atom. The lowest BCUT2D eigenvalue weighted by molar-refractivity contribution is 0.550. The van der Waals surface area contributed by atoms with Gasteiger partial charge in [0.1, 0.15) is 5.82 Å².